The molecule has 17 heavy (non-hydrogen) atoms. The van der Waals surface area contributed by atoms with E-state index >= 15 is 0 Å². The van der Waals surface area contributed by atoms with Crippen LogP contribution in [-0.2, 0) is 16.1 Å². The van der Waals surface area contributed by atoms with Crippen LogP contribution in [0.25, 0.3) is 0 Å². The normalized spacial score (nSPS) is 9.71. The zero-order chi connectivity index (χ0) is 12.8. The van der Waals surface area contributed by atoms with Gasteiger partial charge in [0.25, 0.3) is 5.69 Å². The first-order chi connectivity index (χ1) is 7.99. The fraction of sp³-hybridized carbons (Fsp3) is 0.250. The molecule has 0 aliphatic heterocycles. The van der Waals surface area contributed by atoms with Gasteiger partial charge >= 0.3 is 5.97 Å². The summed E-state index contributed by atoms with van der Waals surface area (Å²) >= 11 is 0. The number of nitrogens with zero attached hydrogens (tertiary/aromatic N) is 1. The van der Waals surface area contributed by atoms with Crippen LogP contribution in [0.15, 0.2) is 36.4 Å². The van der Waals surface area contributed by atoms with Gasteiger partial charge in [-0.15, -0.1) is 0 Å². The topological polar surface area (TPSA) is 69.4 Å². The first-order valence-electron chi connectivity index (χ1n) is 5.02. The van der Waals surface area contributed by atoms with E-state index < -0.39 is 4.92 Å². The highest BCUT2D eigenvalue weighted by atomic mass is 16.6. The van der Waals surface area contributed by atoms with Crippen LogP contribution in [-0.4, -0.2) is 10.9 Å². The molecule has 1 rings (SSSR count). The Bertz CT molecular complexity index is 436. The Morgan fingerprint density at radius 3 is 2.47 bits per heavy atom. The zero-order valence-corrected chi connectivity index (χ0v) is 9.51. The van der Waals surface area contributed by atoms with Crippen molar-refractivity contribution in [2.24, 2.45) is 0 Å². The molecular weight excluding hydrogens is 222 g/mol. The lowest BCUT2D eigenvalue weighted by molar-refractivity contribution is -0.384. The molecule has 0 N–H and O–H groups in total. The monoisotopic (exact) mass is 235 g/mol. The summed E-state index contributed by atoms with van der Waals surface area (Å²) in [6.07, 6.45) is 0.187. The van der Waals surface area contributed by atoms with Gasteiger partial charge < -0.3 is 4.74 Å². The van der Waals surface area contributed by atoms with Gasteiger partial charge in [-0.25, -0.2) is 0 Å². The maximum atomic E-state index is 11.2. The van der Waals surface area contributed by atoms with Crippen LogP contribution in [0.4, 0.5) is 5.69 Å². The maximum Gasteiger partial charge on any atom is 0.310 e. The Labute approximate surface area is 98.9 Å². The SMILES string of the molecule is C=C(C)CC(=O)OCc1ccc([N+](=O)[O-])cc1. The fourth-order valence-corrected chi connectivity index (χ4v) is 1.18. The molecule has 0 aliphatic rings. The van der Waals surface area contributed by atoms with E-state index in [-0.39, 0.29) is 24.7 Å². The summed E-state index contributed by atoms with van der Waals surface area (Å²) in [5, 5.41) is 10.4. The molecule has 0 heterocycles. The van der Waals surface area contributed by atoms with Crippen molar-refractivity contribution in [3.8, 4) is 0 Å². The average Bonchev–Trinajstić information content (AvgIpc) is 2.26. The summed E-state index contributed by atoms with van der Waals surface area (Å²) < 4.78 is 4.97. The van der Waals surface area contributed by atoms with E-state index in [2.05, 4.69) is 6.58 Å². The van der Waals surface area contributed by atoms with Crippen LogP contribution in [0.5, 0.6) is 0 Å². The molecule has 0 saturated heterocycles. The average molecular weight is 235 g/mol. The minimum absolute atomic E-state index is 0.0158. The number of ether oxygens (including phenoxy) is 1. The smallest absolute Gasteiger partial charge is 0.310 e. The Morgan fingerprint density at radius 1 is 1.41 bits per heavy atom. The van der Waals surface area contributed by atoms with E-state index in [1.807, 2.05) is 0 Å². The van der Waals surface area contributed by atoms with Crippen molar-refractivity contribution in [1.82, 2.24) is 0 Å². The fourth-order valence-electron chi connectivity index (χ4n) is 1.18. The first-order valence-corrected chi connectivity index (χ1v) is 5.02. The zero-order valence-electron chi connectivity index (χ0n) is 9.51. The molecule has 1 aromatic carbocycles. The lowest BCUT2D eigenvalue weighted by Crippen LogP contribution is -2.04. The Kier molecular flexibility index (Phi) is 4.39. The summed E-state index contributed by atoms with van der Waals surface area (Å²) in [6.45, 7) is 5.46. The van der Waals surface area contributed by atoms with E-state index in [9.17, 15) is 14.9 Å². The molecular formula is C12H13NO4. The molecule has 5 heteroatoms. The molecule has 0 radical (unpaired) electrons. The molecule has 0 spiro atoms. The molecule has 0 amide bonds. The quantitative estimate of drug-likeness (QED) is 0.340. The summed E-state index contributed by atoms with van der Waals surface area (Å²) in [6, 6.07) is 5.88. The van der Waals surface area contributed by atoms with Crippen molar-refractivity contribution in [2.75, 3.05) is 0 Å². The minimum atomic E-state index is -0.475. The number of esters is 1. The number of nitro groups is 1. The Hall–Kier alpha value is -2.17. The largest absolute Gasteiger partial charge is 0.461 e. The van der Waals surface area contributed by atoms with Gasteiger partial charge in [-0.05, 0) is 24.6 Å². The van der Waals surface area contributed by atoms with Gasteiger partial charge in [-0.2, -0.15) is 0 Å². The third-order valence-electron chi connectivity index (χ3n) is 1.99. The highest BCUT2D eigenvalue weighted by Crippen LogP contribution is 2.12. The van der Waals surface area contributed by atoms with Gasteiger partial charge in [-0.3, -0.25) is 14.9 Å². The van der Waals surface area contributed by atoms with Crippen LogP contribution in [0.1, 0.15) is 18.9 Å². The Balaban J connectivity index is 2.50. The van der Waals surface area contributed by atoms with Crippen molar-refractivity contribution in [3.05, 3.63) is 52.1 Å². The highest BCUT2D eigenvalue weighted by molar-refractivity contribution is 5.72. The first kappa shape index (κ1) is 12.9. The maximum absolute atomic E-state index is 11.2. The molecule has 90 valence electrons. The number of carbonyl (C=O) groups excluding carboxylic acids is 1. The van der Waals surface area contributed by atoms with E-state index in [0.29, 0.717) is 5.56 Å². The molecule has 0 fully saturated rings. The van der Waals surface area contributed by atoms with Gasteiger partial charge in [0.2, 0.25) is 0 Å². The van der Waals surface area contributed by atoms with Crippen LogP contribution in [0.3, 0.4) is 0 Å². The van der Waals surface area contributed by atoms with E-state index in [4.69, 9.17) is 4.74 Å². The lowest BCUT2D eigenvalue weighted by atomic mass is 10.2. The van der Waals surface area contributed by atoms with Gasteiger partial charge in [0.05, 0.1) is 11.3 Å². The number of benzene rings is 1. The third kappa shape index (κ3) is 4.46. The van der Waals surface area contributed by atoms with Crippen LogP contribution in [0.2, 0.25) is 0 Å². The number of hydrogen-bond donors (Lipinski definition) is 0. The molecule has 1 aromatic rings. The van der Waals surface area contributed by atoms with E-state index in [1.54, 1.807) is 19.1 Å². The minimum Gasteiger partial charge on any atom is -0.461 e. The van der Waals surface area contributed by atoms with Gasteiger partial charge in [-0.1, -0.05) is 12.2 Å². The number of nitro benzene ring substituents is 1. The number of hydrogen-bond acceptors (Lipinski definition) is 4. The highest BCUT2D eigenvalue weighted by Gasteiger charge is 2.06. The Morgan fingerprint density at radius 2 is 2.00 bits per heavy atom. The number of carbonyl (C=O) groups is 1. The second-order valence-electron chi connectivity index (χ2n) is 3.72. The predicted octanol–water partition coefficient (Wildman–Crippen LogP) is 2.60. The van der Waals surface area contributed by atoms with Gasteiger partial charge in [0.1, 0.15) is 6.61 Å². The number of rotatable bonds is 5. The van der Waals surface area contributed by atoms with E-state index in [1.165, 1.54) is 12.1 Å². The van der Waals surface area contributed by atoms with Crippen molar-refractivity contribution in [2.45, 2.75) is 20.0 Å². The summed E-state index contributed by atoms with van der Waals surface area (Å²) in [5.41, 5.74) is 1.46. The van der Waals surface area contributed by atoms with E-state index in [0.717, 1.165) is 5.57 Å². The predicted molar refractivity (Wildman–Crippen MR) is 62.3 cm³/mol. The molecule has 0 bridgehead atoms. The summed E-state index contributed by atoms with van der Waals surface area (Å²) in [4.78, 5) is 21.1. The van der Waals surface area contributed by atoms with Crippen molar-refractivity contribution in [1.29, 1.82) is 0 Å². The molecule has 0 unspecified atom stereocenters. The third-order valence-corrected chi connectivity index (χ3v) is 1.99. The summed E-state index contributed by atoms with van der Waals surface area (Å²) in [5.74, 6) is -0.351. The molecule has 0 atom stereocenters. The van der Waals surface area contributed by atoms with Crippen LogP contribution >= 0.6 is 0 Å². The molecule has 5 nitrogen and oxygen atoms in total. The van der Waals surface area contributed by atoms with Crippen molar-refractivity contribution >= 4 is 11.7 Å². The van der Waals surface area contributed by atoms with Gasteiger partial charge in [0.15, 0.2) is 0 Å². The van der Waals surface area contributed by atoms with Crippen LogP contribution in [0, 0.1) is 10.1 Å². The van der Waals surface area contributed by atoms with Gasteiger partial charge in [0, 0.05) is 12.1 Å². The second-order valence-corrected chi connectivity index (χ2v) is 3.72. The number of non-ortho nitro benzene ring substituents is 1. The van der Waals surface area contributed by atoms with Crippen molar-refractivity contribution in [3.63, 3.8) is 0 Å². The van der Waals surface area contributed by atoms with Crippen LogP contribution < -0.4 is 0 Å². The standard InChI is InChI=1S/C12H13NO4/c1-9(2)7-12(14)17-8-10-3-5-11(6-4-10)13(15)16/h3-6H,1,7-8H2,2H3. The lowest BCUT2D eigenvalue weighted by Gasteiger charge is -2.04. The molecule has 0 aliphatic carbocycles. The second kappa shape index (κ2) is 5.79. The molecule has 0 saturated carbocycles. The van der Waals surface area contributed by atoms with Crippen molar-refractivity contribution < 1.29 is 14.5 Å². The summed E-state index contributed by atoms with van der Waals surface area (Å²) in [7, 11) is 0. The molecule has 0 aromatic heterocycles.